The van der Waals surface area contributed by atoms with Gasteiger partial charge in [0.1, 0.15) is 5.75 Å². The van der Waals surface area contributed by atoms with Gasteiger partial charge in [-0.3, -0.25) is 9.59 Å². The number of ketones is 1. The Morgan fingerprint density at radius 2 is 1.53 bits per heavy atom. The molecule has 168 valence electrons. The van der Waals surface area contributed by atoms with E-state index in [1.165, 1.54) is 51.2 Å². The number of rotatable bonds is 7. The molecule has 0 amide bonds. The molecule has 2 aromatic rings. The molecular formula is C28H32O4. The average Bonchev–Trinajstić information content (AvgIpc) is 2.81. The molecule has 6 rings (SSSR count). The first-order valence-electron chi connectivity index (χ1n) is 11.9. The highest BCUT2D eigenvalue weighted by Crippen LogP contribution is 2.60. The van der Waals surface area contributed by atoms with Gasteiger partial charge in [-0.15, -0.1) is 0 Å². The zero-order valence-electron chi connectivity index (χ0n) is 19.1. The van der Waals surface area contributed by atoms with Gasteiger partial charge in [-0.25, -0.2) is 0 Å². The molecule has 4 aliphatic rings. The number of hydrogen-bond acceptors (Lipinski definition) is 4. The molecule has 0 atom stereocenters. The van der Waals surface area contributed by atoms with Crippen LogP contribution in [0.3, 0.4) is 0 Å². The van der Waals surface area contributed by atoms with Crippen molar-refractivity contribution in [3.63, 3.8) is 0 Å². The van der Waals surface area contributed by atoms with Gasteiger partial charge in [-0.05, 0) is 91.4 Å². The van der Waals surface area contributed by atoms with Crippen molar-refractivity contribution in [2.75, 3.05) is 14.2 Å². The Bertz CT molecular complexity index is 985. The maximum Gasteiger partial charge on any atom is 0.305 e. The molecule has 4 saturated carbocycles. The average molecular weight is 433 g/mol. The second kappa shape index (κ2) is 8.38. The summed E-state index contributed by atoms with van der Waals surface area (Å²) in [4.78, 5) is 24.9. The summed E-state index contributed by atoms with van der Waals surface area (Å²) in [5, 5.41) is 0. The standard InChI is InChI=1S/C28H32O4/c1-31-25-9-8-23(28-15-19-11-20(16-28)13-21(12-19)17-28)14-24(25)27(30)22-6-3-18(4-7-22)5-10-26(29)32-2/h3-4,6-9,14,19-21H,5,10-13,15-17H2,1-2H3. The van der Waals surface area contributed by atoms with Gasteiger partial charge in [0.05, 0.1) is 19.8 Å². The highest BCUT2D eigenvalue weighted by atomic mass is 16.5. The minimum Gasteiger partial charge on any atom is -0.496 e. The van der Waals surface area contributed by atoms with Crippen molar-refractivity contribution >= 4 is 11.8 Å². The van der Waals surface area contributed by atoms with Gasteiger partial charge in [0.2, 0.25) is 0 Å². The molecule has 0 radical (unpaired) electrons. The van der Waals surface area contributed by atoms with Crippen molar-refractivity contribution in [3.05, 3.63) is 64.7 Å². The predicted molar refractivity (Wildman–Crippen MR) is 123 cm³/mol. The molecule has 4 fully saturated rings. The molecule has 4 bridgehead atoms. The minimum absolute atomic E-state index is 0.00653. The summed E-state index contributed by atoms with van der Waals surface area (Å²) >= 11 is 0. The molecular weight excluding hydrogens is 400 g/mol. The third-order valence-electron chi connectivity index (χ3n) is 8.16. The molecule has 4 aliphatic carbocycles. The van der Waals surface area contributed by atoms with Gasteiger partial charge in [-0.2, -0.15) is 0 Å². The Labute approximate surface area is 190 Å². The first-order valence-corrected chi connectivity index (χ1v) is 11.9. The quantitative estimate of drug-likeness (QED) is 0.428. The van der Waals surface area contributed by atoms with E-state index in [1.807, 2.05) is 30.3 Å². The van der Waals surface area contributed by atoms with Crippen LogP contribution in [0, 0.1) is 17.8 Å². The van der Waals surface area contributed by atoms with E-state index in [0.717, 1.165) is 23.3 Å². The van der Waals surface area contributed by atoms with Gasteiger partial charge in [0.15, 0.2) is 5.78 Å². The summed E-state index contributed by atoms with van der Waals surface area (Å²) < 4.78 is 10.3. The SMILES string of the molecule is COC(=O)CCc1ccc(C(=O)c2cc(C34CC5CC(CC(C5)C3)C4)ccc2OC)cc1. The third-order valence-corrected chi connectivity index (χ3v) is 8.16. The van der Waals surface area contributed by atoms with Gasteiger partial charge in [-0.1, -0.05) is 30.3 Å². The maximum atomic E-state index is 13.5. The normalized spacial score (nSPS) is 27.9. The smallest absolute Gasteiger partial charge is 0.305 e. The molecule has 2 aromatic carbocycles. The van der Waals surface area contributed by atoms with Crippen LogP contribution in [0.25, 0.3) is 0 Å². The van der Waals surface area contributed by atoms with E-state index in [-0.39, 0.29) is 17.2 Å². The Morgan fingerprint density at radius 3 is 2.09 bits per heavy atom. The number of benzene rings is 2. The second-order valence-electron chi connectivity index (χ2n) is 10.2. The lowest BCUT2D eigenvalue weighted by molar-refractivity contribution is -0.140. The Balaban J connectivity index is 1.41. The maximum absolute atomic E-state index is 13.5. The zero-order chi connectivity index (χ0) is 22.3. The Morgan fingerprint density at radius 1 is 0.906 bits per heavy atom. The number of carbonyl (C=O) groups is 2. The topological polar surface area (TPSA) is 52.6 Å². The largest absolute Gasteiger partial charge is 0.496 e. The summed E-state index contributed by atoms with van der Waals surface area (Å²) in [5.41, 5.74) is 3.89. The van der Waals surface area contributed by atoms with E-state index in [1.54, 1.807) is 7.11 Å². The van der Waals surface area contributed by atoms with Gasteiger partial charge in [0.25, 0.3) is 0 Å². The molecule has 0 spiro atoms. The molecule has 0 heterocycles. The summed E-state index contributed by atoms with van der Waals surface area (Å²) in [6, 6.07) is 13.9. The van der Waals surface area contributed by atoms with Crippen LogP contribution in [-0.4, -0.2) is 26.0 Å². The lowest BCUT2D eigenvalue weighted by atomic mass is 9.48. The fraction of sp³-hybridized carbons (Fsp3) is 0.500. The fourth-order valence-corrected chi connectivity index (χ4v) is 7.01. The number of esters is 1. The minimum atomic E-state index is -0.226. The van der Waals surface area contributed by atoms with E-state index in [2.05, 4.69) is 12.1 Å². The summed E-state index contributed by atoms with van der Waals surface area (Å²) in [7, 11) is 3.03. The first-order chi connectivity index (χ1) is 15.5. The lowest BCUT2D eigenvalue weighted by Crippen LogP contribution is -2.48. The van der Waals surface area contributed by atoms with E-state index in [0.29, 0.717) is 29.7 Å². The van der Waals surface area contributed by atoms with Crippen LogP contribution in [0.2, 0.25) is 0 Å². The Hall–Kier alpha value is -2.62. The van der Waals surface area contributed by atoms with Crippen molar-refractivity contribution < 1.29 is 19.1 Å². The van der Waals surface area contributed by atoms with Gasteiger partial charge in [0, 0.05) is 12.0 Å². The van der Waals surface area contributed by atoms with Gasteiger partial charge >= 0.3 is 5.97 Å². The molecule has 0 unspecified atom stereocenters. The summed E-state index contributed by atoms with van der Waals surface area (Å²) in [6.07, 6.45) is 8.98. The fourth-order valence-electron chi connectivity index (χ4n) is 7.01. The molecule has 0 saturated heterocycles. The molecule has 4 heteroatoms. The van der Waals surface area contributed by atoms with Crippen LogP contribution in [0.4, 0.5) is 0 Å². The van der Waals surface area contributed by atoms with Crippen LogP contribution in [-0.2, 0) is 21.4 Å². The molecule has 4 nitrogen and oxygen atoms in total. The van der Waals surface area contributed by atoms with Crippen LogP contribution in [0.15, 0.2) is 42.5 Å². The number of aryl methyl sites for hydroxylation is 1. The van der Waals surface area contributed by atoms with Crippen molar-refractivity contribution in [2.45, 2.75) is 56.8 Å². The van der Waals surface area contributed by atoms with E-state index in [9.17, 15) is 9.59 Å². The number of ether oxygens (including phenoxy) is 2. The highest BCUT2D eigenvalue weighted by molar-refractivity contribution is 6.10. The van der Waals surface area contributed by atoms with Crippen LogP contribution >= 0.6 is 0 Å². The molecule has 32 heavy (non-hydrogen) atoms. The van der Waals surface area contributed by atoms with Crippen molar-refractivity contribution in [1.29, 1.82) is 0 Å². The predicted octanol–water partition coefficient (Wildman–Crippen LogP) is 5.50. The van der Waals surface area contributed by atoms with Crippen molar-refractivity contribution in [3.8, 4) is 5.75 Å². The number of hydrogen-bond donors (Lipinski definition) is 0. The third kappa shape index (κ3) is 3.85. The van der Waals surface area contributed by atoms with Crippen LogP contribution < -0.4 is 4.74 Å². The van der Waals surface area contributed by atoms with E-state index >= 15 is 0 Å². The van der Waals surface area contributed by atoms with Gasteiger partial charge < -0.3 is 9.47 Å². The number of methoxy groups -OCH3 is 2. The second-order valence-corrected chi connectivity index (χ2v) is 10.2. The number of carbonyl (C=O) groups excluding carboxylic acids is 2. The van der Waals surface area contributed by atoms with Crippen LogP contribution in [0.1, 0.15) is 72.0 Å². The molecule has 0 N–H and O–H groups in total. The summed E-state index contributed by atoms with van der Waals surface area (Å²) in [6.45, 7) is 0. The highest BCUT2D eigenvalue weighted by Gasteiger charge is 2.51. The Kier molecular flexibility index (Phi) is 5.56. The van der Waals surface area contributed by atoms with E-state index in [4.69, 9.17) is 9.47 Å². The van der Waals surface area contributed by atoms with Crippen LogP contribution in [0.5, 0.6) is 5.75 Å². The molecule has 0 aromatic heterocycles. The van der Waals surface area contributed by atoms with E-state index < -0.39 is 0 Å². The molecule has 0 aliphatic heterocycles. The summed E-state index contributed by atoms with van der Waals surface area (Å²) in [5.74, 6) is 2.99. The van der Waals surface area contributed by atoms with Crippen molar-refractivity contribution in [2.24, 2.45) is 17.8 Å². The first kappa shape index (κ1) is 21.2. The zero-order valence-corrected chi connectivity index (χ0v) is 19.1. The monoisotopic (exact) mass is 432 g/mol. The lowest BCUT2D eigenvalue weighted by Gasteiger charge is -2.57. The van der Waals surface area contributed by atoms with Crippen molar-refractivity contribution in [1.82, 2.24) is 0 Å².